The summed E-state index contributed by atoms with van der Waals surface area (Å²) in [6.07, 6.45) is 0.890. The van der Waals surface area contributed by atoms with Crippen LogP contribution in [-0.4, -0.2) is 29.4 Å². The van der Waals surface area contributed by atoms with E-state index >= 15 is 0 Å². The number of aromatic amines is 1. The molecular weight excluding hydrogens is 288 g/mol. The number of para-hydroxylation sites is 1. The smallest absolute Gasteiger partial charge is 0.270 e. The molecule has 0 saturated carbocycles. The highest BCUT2D eigenvalue weighted by molar-refractivity contribution is 6.02. The van der Waals surface area contributed by atoms with Crippen LogP contribution in [0.1, 0.15) is 21.6 Å². The van der Waals surface area contributed by atoms with Crippen molar-refractivity contribution < 1.29 is 9.53 Å². The summed E-state index contributed by atoms with van der Waals surface area (Å²) in [5, 5.41) is 1.17. The number of benzene rings is 2. The molecule has 2 heterocycles. The van der Waals surface area contributed by atoms with Crippen LogP contribution < -0.4 is 4.74 Å². The number of hydrogen-bond donors (Lipinski definition) is 1. The van der Waals surface area contributed by atoms with Crippen LogP contribution in [0.25, 0.3) is 10.9 Å². The Balaban J connectivity index is 1.61. The molecule has 1 N–H and O–H groups in total. The minimum atomic E-state index is 0.0817. The maximum Gasteiger partial charge on any atom is 0.270 e. The molecule has 2 aromatic carbocycles. The first kappa shape index (κ1) is 13.9. The fourth-order valence-electron chi connectivity index (χ4n) is 3.25. The standard InChI is InChI=1S/C19H18N2O2/c1-23-14-8-6-13(7-9-14)12-21-11-10-16-15-4-2-3-5-17(15)20-18(16)19(21)22/h2-9,20H,10-12H2,1H3. The molecule has 0 saturated heterocycles. The molecule has 1 aromatic heterocycles. The summed E-state index contributed by atoms with van der Waals surface area (Å²) in [7, 11) is 1.65. The van der Waals surface area contributed by atoms with Crippen molar-refractivity contribution in [3.05, 3.63) is 65.4 Å². The summed E-state index contributed by atoms with van der Waals surface area (Å²) in [6, 6.07) is 16.0. The largest absolute Gasteiger partial charge is 0.497 e. The van der Waals surface area contributed by atoms with Gasteiger partial charge in [-0.1, -0.05) is 30.3 Å². The number of nitrogens with one attached hydrogen (secondary N) is 1. The number of nitrogens with zero attached hydrogens (tertiary/aromatic N) is 1. The molecule has 0 radical (unpaired) electrons. The number of H-pyrrole nitrogens is 1. The Kier molecular flexibility index (Phi) is 3.30. The maximum atomic E-state index is 12.8. The van der Waals surface area contributed by atoms with Crippen LogP contribution in [0, 0.1) is 0 Å². The van der Waals surface area contributed by atoms with E-state index in [1.807, 2.05) is 47.4 Å². The predicted molar refractivity (Wildman–Crippen MR) is 89.7 cm³/mol. The van der Waals surface area contributed by atoms with Gasteiger partial charge in [-0.05, 0) is 35.7 Å². The van der Waals surface area contributed by atoms with Crippen molar-refractivity contribution in [1.82, 2.24) is 9.88 Å². The summed E-state index contributed by atoms with van der Waals surface area (Å²) < 4.78 is 5.17. The number of aromatic nitrogens is 1. The number of amides is 1. The second kappa shape index (κ2) is 5.47. The lowest BCUT2D eigenvalue weighted by Gasteiger charge is -2.27. The molecule has 0 bridgehead atoms. The average molecular weight is 306 g/mol. The van der Waals surface area contributed by atoms with E-state index in [9.17, 15) is 4.79 Å². The summed E-state index contributed by atoms with van der Waals surface area (Å²) in [5.41, 5.74) is 4.04. The summed E-state index contributed by atoms with van der Waals surface area (Å²) in [6.45, 7) is 1.37. The predicted octanol–water partition coefficient (Wildman–Crippen LogP) is 3.38. The SMILES string of the molecule is COc1ccc(CN2CCc3c([nH]c4ccccc34)C2=O)cc1. The van der Waals surface area contributed by atoms with Gasteiger partial charge in [0.15, 0.2) is 0 Å². The summed E-state index contributed by atoms with van der Waals surface area (Å²) >= 11 is 0. The topological polar surface area (TPSA) is 45.3 Å². The van der Waals surface area contributed by atoms with Crippen molar-refractivity contribution in [2.45, 2.75) is 13.0 Å². The van der Waals surface area contributed by atoms with Gasteiger partial charge in [-0.25, -0.2) is 0 Å². The van der Waals surface area contributed by atoms with Gasteiger partial charge in [0.25, 0.3) is 5.91 Å². The molecule has 4 nitrogen and oxygen atoms in total. The first-order valence-corrected chi connectivity index (χ1v) is 7.78. The van der Waals surface area contributed by atoms with E-state index in [0.717, 1.165) is 41.1 Å². The van der Waals surface area contributed by atoms with Crippen LogP contribution >= 0.6 is 0 Å². The zero-order valence-electron chi connectivity index (χ0n) is 13.0. The van der Waals surface area contributed by atoms with Crippen molar-refractivity contribution in [2.24, 2.45) is 0 Å². The van der Waals surface area contributed by atoms with Gasteiger partial charge in [0.05, 0.1) is 7.11 Å². The van der Waals surface area contributed by atoms with Crippen LogP contribution in [0.4, 0.5) is 0 Å². The van der Waals surface area contributed by atoms with Crippen LogP contribution in [0.15, 0.2) is 48.5 Å². The average Bonchev–Trinajstić information content (AvgIpc) is 2.98. The normalized spacial score (nSPS) is 14.1. The third kappa shape index (κ3) is 2.36. The molecule has 116 valence electrons. The van der Waals surface area contributed by atoms with E-state index in [1.165, 1.54) is 5.39 Å². The number of methoxy groups -OCH3 is 1. The molecule has 1 amide bonds. The van der Waals surface area contributed by atoms with E-state index in [1.54, 1.807) is 7.11 Å². The minimum Gasteiger partial charge on any atom is -0.497 e. The number of rotatable bonds is 3. The minimum absolute atomic E-state index is 0.0817. The molecule has 4 rings (SSSR count). The number of carbonyl (C=O) groups is 1. The van der Waals surface area contributed by atoms with Gasteiger partial charge in [0.2, 0.25) is 0 Å². The highest BCUT2D eigenvalue weighted by Crippen LogP contribution is 2.28. The third-order valence-corrected chi connectivity index (χ3v) is 4.48. The van der Waals surface area contributed by atoms with E-state index in [-0.39, 0.29) is 5.91 Å². The zero-order valence-corrected chi connectivity index (χ0v) is 13.0. The summed E-state index contributed by atoms with van der Waals surface area (Å²) in [5.74, 6) is 0.912. The van der Waals surface area contributed by atoms with Gasteiger partial charge in [0.1, 0.15) is 11.4 Å². The Bertz CT molecular complexity index is 865. The van der Waals surface area contributed by atoms with Crippen LogP contribution in [0.3, 0.4) is 0 Å². The lowest BCUT2D eigenvalue weighted by Crippen LogP contribution is -2.36. The van der Waals surface area contributed by atoms with Gasteiger partial charge in [0, 0.05) is 24.0 Å². The Morgan fingerprint density at radius 2 is 1.91 bits per heavy atom. The number of ether oxygens (including phenoxy) is 1. The van der Waals surface area contributed by atoms with E-state index in [4.69, 9.17) is 4.74 Å². The van der Waals surface area contributed by atoms with Gasteiger partial charge < -0.3 is 14.6 Å². The maximum absolute atomic E-state index is 12.8. The molecule has 23 heavy (non-hydrogen) atoms. The van der Waals surface area contributed by atoms with Crippen LogP contribution in [0.2, 0.25) is 0 Å². The zero-order chi connectivity index (χ0) is 15.8. The van der Waals surface area contributed by atoms with E-state index in [2.05, 4.69) is 11.1 Å². The fourth-order valence-corrected chi connectivity index (χ4v) is 3.25. The number of fused-ring (bicyclic) bond motifs is 3. The van der Waals surface area contributed by atoms with E-state index in [0.29, 0.717) is 6.54 Å². The highest BCUT2D eigenvalue weighted by atomic mass is 16.5. The van der Waals surface area contributed by atoms with Crippen molar-refractivity contribution in [1.29, 1.82) is 0 Å². The fraction of sp³-hybridized carbons (Fsp3) is 0.211. The molecule has 0 atom stereocenters. The van der Waals surface area contributed by atoms with Crippen molar-refractivity contribution >= 4 is 16.8 Å². The first-order valence-electron chi connectivity index (χ1n) is 7.78. The number of carbonyl (C=O) groups excluding carboxylic acids is 1. The van der Waals surface area contributed by atoms with Gasteiger partial charge in [-0.2, -0.15) is 0 Å². The molecule has 0 unspecified atom stereocenters. The quantitative estimate of drug-likeness (QED) is 0.806. The van der Waals surface area contributed by atoms with Crippen LogP contribution in [0.5, 0.6) is 5.75 Å². The Hall–Kier alpha value is -2.75. The Morgan fingerprint density at radius 1 is 1.13 bits per heavy atom. The van der Waals surface area contributed by atoms with Crippen molar-refractivity contribution in [2.75, 3.05) is 13.7 Å². The molecule has 0 fully saturated rings. The molecule has 1 aliphatic rings. The molecular formula is C19H18N2O2. The Morgan fingerprint density at radius 3 is 2.70 bits per heavy atom. The molecule has 1 aliphatic heterocycles. The van der Waals surface area contributed by atoms with Crippen molar-refractivity contribution in [3.8, 4) is 5.75 Å². The second-order valence-electron chi connectivity index (χ2n) is 5.85. The lowest BCUT2D eigenvalue weighted by molar-refractivity contribution is 0.0722. The number of hydrogen-bond acceptors (Lipinski definition) is 2. The molecule has 0 spiro atoms. The highest BCUT2D eigenvalue weighted by Gasteiger charge is 2.27. The lowest BCUT2D eigenvalue weighted by atomic mass is 10.0. The molecule has 4 heteroatoms. The van der Waals surface area contributed by atoms with Gasteiger partial charge >= 0.3 is 0 Å². The van der Waals surface area contributed by atoms with Gasteiger partial charge in [-0.3, -0.25) is 4.79 Å². The molecule has 3 aromatic rings. The van der Waals surface area contributed by atoms with Crippen molar-refractivity contribution in [3.63, 3.8) is 0 Å². The van der Waals surface area contributed by atoms with E-state index < -0.39 is 0 Å². The van der Waals surface area contributed by atoms with Crippen LogP contribution in [-0.2, 0) is 13.0 Å². The second-order valence-corrected chi connectivity index (χ2v) is 5.85. The first-order chi connectivity index (χ1) is 11.3. The molecule has 0 aliphatic carbocycles. The van der Waals surface area contributed by atoms with Gasteiger partial charge in [-0.15, -0.1) is 0 Å². The monoisotopic (exact) mass is 306 g/mol. The Labute approximate surface area is 134 Å². The summed E-state index contributed by atoms with van der Waals surface area (Å²) in [4.78, 5) is 18.0. The third-order valence-electron chi connectivity index (χ3n) is 4.48.